The van der Waals surface area contributed by atoms with Crippen LogP contribution in [0.3, 0.4) is 0 Å². The average Bonchev–Trinajstić information content (AvgIpc) is 2.83. The SMILES string of the molecule is CN(C)C(=O)c1ccc(-c2ccc(C3[C@H]4CNC[C@@H]3N4Cc3ccccn3)cc2)cc1. The van der Waals surface area contributed by atoms with Gasteiger partial charge < -0.3 is 10.2 Å². The Labute approximate surface area is 183 Å². The number of hydrogen-bond acceptors (Lipinski definition) is 4. The quantitative estimate of drug-likeness (QED) is 0.698. The van der Waals surface area contributed by atoms with Crippen molar-refractivity contribution in [3.63, 3.8) is 0 Å². The van der Waals surface area contributed by atoms with Gasteiger partial charge in [0.2, 0.25) is 0 Å². The van der Waals surface area contributed by atoms with E-state index in [9.17, 15) is 4.79 Å². The molecule has 5 nitrogen and oxygen atoms in total. The van der Waals surface area contributed by atoms with E-state index in [1.165, 1.54) is 11.1 Å². The highest BCUT2D eigenvalue weighted by Gasteiger charge is 2.51. The standard InChI is InChI=1S/C26H28N4O/c1-29(2)26(31)21-12-8-19(9-13-21)18-6-10-20(11-7-18)25-23-15-27-16-24(25)30(23)17-22-5-3-4-14-28-22/h3-14,23-25,27H,15-17H2,1-2H3/t23-,24+,25?. The van der Waals surface area contributed by atoms with E-state index in [0.717, 1.165) is 30.9 Å². The summed E-state index contributed by atoms with van der Waals surface area (Å²) >= 11 is 0. The maximum absolute atomic E-state index is 12.1. The van der Waals surface area contributed by atoms with Crippen molar-refractivity contribution in [3.05, 3.63) is 89.7 Å². The number of pyridine rings is 1. The summed E-state index contributed by atoms with van der Waals surface area (Å²) < 4.78 is 0. The van der Waals surface area contributed by atoms with Crippen molar-refractivity contribution in [2.45, 2.75) is 24.5 Å². The molecular weight excluding hydrogens is 384 g/mol. The zero-order valence-electron chi connectivity index (χ0n) is 18.0. The van der Waals surface area contributed by atoms with Gasteiger partial charge >= 0.3 is 0 Å². The molecule has 5 heteroatoms. The van der Waals surface area contributed by atoms with Gasteiger partial charge in [0.15, 0.2) is 0 Å². The molecule has 0 spiro atoms. The van der Waals surface area contributed by atoms with Gasteiger partial charge in [-0.25, -0.2) is 0 Å². The van der Waals surface area contributed by atoms with Gasteiger partial charge in [-0.05, 0) is 41.0 Å². The zero-order valence-corrected chi connectivity index (χ0v) is 18.0. The van der Waals surface area contributed by atoms with E-state index < -0.39 is 0 Å². The lowest BCUT2D eigenvalue weighted by molar-refractivity contribution is -0.0491. The van der Waals surface area contributed by atoms with E-state index in [1.54, 1.807) is 19.0 Å². The topological polar surface area (TPSA) is 48.5 Å². The normalized spacial score (nSPS) is 22.6. The number of piperazine rings is 1. The van der Waals surface area contributed by atoms with Crippen LogP contribution in [0.4, 0.5) is 0 Å². The predicted molar refractivity (Wildman–Crippen MR) is 123 cm³/mol. The summed E-state index contributed by atoms with van der Waals surface area (Å²) in [6, 6.07) is 24.0. The minimum Gasteiger partial charge on any atom is -0.345 e. The molecule has 2 saturated heterocycles. The third-order valence-corrected chi connectivity index (χ3v) is 6.63. The summed E-state index contributed by atoms with van der Waals surface area (Å²) in [6.07, 6.45) is 1.88. The first-order valence-electron chi connectivity index (χ1n) is 10.9. The second-order valence-electron chi connectivity index (χ2n) is 8.71. The van der Waals surface area contributed by atoms with Crippen LogP contribution in [0, 0.1) is 0 Å². The predicted octanol–water partition coefficient (Wildman–Crippen LogP) is 3.39. The van der Waals surface area contributed by atoms with Crippen molar-refractivity contribution in [1.82, 2.24) is 20.1 Å². The summed E-state index contributed by atoms with van der Waals surface area (Å²) in [5.41, 5.74) is 5.59. The van der Waals surface area contributed by atoms with Gasteiger partial charge in [0, 0.05) is 63.5 Å². The molecule has 0 aliphatic carbocycles. The largest absolute Gasteiger partial charge is 0.345 e. The Morgan fingerprint density at radius 2 is 1.61 bits per heavy atom. The lowest BCUT2D eigenvalue weighted by atomic mass is 9.72. The van der Waals surface area contributed by atoms with E-state index >= 15 is 0 Å². The fraction of sp³-hybridized carbons (Fsp3) is 0.308. The Balaban J connectivity index is 1.30. The van der Waals surface area contributed by atoms with Crippen molar-refractivity contribution in [1.29, 1.82) is 0 Å². The number of nitrogens with zero attached hydrogens (tertiary/aromatic N) is 3. The van der Waals surface area contributed by atoms with E-state index in [2.05, 4.69) is 51.6 Å². The third kappa shape index (κ3) is 3.75. The number of hydrogen-bond donors (Lipinski definition) is 1. The summed E-state index contributed by atoms with van der Waals surface area (Å²) in [7, 11) is 3.55. The molecule has 1 aromatic heterocycles. The Hall–Kier alpha value is -3.02. The highest BCUT2D eigenvalue weighted by atomic mass is 16.2. The van der Waals surface area contributed by atoms with Crippen LogP contribution in [0.25, 0.3) is 11.1 Å². The molecule has 2 fully saturated rings. The molecule has 2 bridgehead atoms. The molecule has 2 aromatic carbocycles. The monoisotopic (exact) mass is 412 g/mol. The summed E-state index contributed by atoms with van der Waals surface area (Å²) in [4.78, 5) is 20.8. The van der Waals surface area contributed by atoms with Crippen molar-refractivity contribution >= 4 is 5.91 Å². The van der Waals surface area contributed by atoms with Crippen LogP contribution >= 0.6 is 0 Å². The first kappa shape index (κ1) is 19.9. The smallest absolute Gasteiger partial charge is 0.253 e. The number of nitrogens with one attached hydrogen (secondary N) is 1. The maximum atomic E-state index is 12.1. The van der Waals surface area contributed by atoms with Gasteiger partial charge in [0.05, 0.1) is 5.69 Å². The maximum Gasteiger partial charge on any atom is 0.253 e. The Kier molecular flexibility index (Phi) is 5.30. The van der Waals surface area contributed by atoms with Crippen LogP contribution < -0.4 is 5.32 Å². The molecule has 1 unspecified atom stereocenters. The molecule has 2 aliphatic rings. The summed E-state index contributed by atoms with van der Waals surface area (Å²) in [6.45, 7) is 2.97. The number of amides is 1. The molecular formula is C26H28N4O. The molecule has 3 heterocycles. The third-order valence-electron chi connectivity index (χ3n) is 6.63. The molecule has 1 amide bonds. The van der Waals surface area contributed by atoms with Gasteiger partial charge in [0.25, 0.3) is 5.91 Å². The lowest BCUT2D eigenvalue weighted by Gasteiger charge is -2.59. The lowest BCUT2D eigenvalue weighted by Crippen LogP contribution is -2.72. The van der Waals surface area contributed by atoms with Crippen LogP contribution in [0.5, 0.6) is 0 Å². The molecule has 2 aliphatic heterocycles. The second kappa shape index (κ2) is 8.25. The van der Waals surface area contributed by atoms with Crippen LogP contribution in [0.2, 0.25) is 0 Å². The minimum absolute atomic E-state index is 0.0299. The number of aromatic nitrogens is 1. The fourth-order valence-corrected chi connectivity index (χ4v) is 5.00. The van der Waals surface area contributed by atoms with Gasteiger partial charge in [-0.15, -0.1) is 0 Å². The number of likely N-dealkylation sites (tertiary alicyclic amines) is 1. The number of fused-ring (bicyclic) bond motifs is 2. The first-order valence-corrected chi connectivity index (χ1v) is 10.9. The highest BCUT2D eigenvalue weighted by molar-refractivity contribution is 5.94. The number of rotatable bonds is 5. The molecule has 31 heavy (non-hydrogen) atoms. The van der Waals surface area contributed by atoms with E-state index in [-0.39, 0.29) is 5.91 Å². The Bertz CT molecular complexity index is 1040. The summed E-state index contributed by atoms with van der Waals surface area (Å²) in [5, 5.41) is 3.57. The highest BCUT2D eigenvalue weighted by Crippen LogP contribution is 2.43. The number of piperidine rings is 1. The number of carbonyl (C=O) groups is 1. The van der Waals surface area contributed by atoms with Crippen LogP contribution in [0.1, 0.15) is 27.5 Å². The summed E-state index contributed by atoms with van der Waals surface area (Å²) in [5.74, 6) is 0.599. The minimum atomic E-state index is 0.0299. The van der Waals surface area contributed by atoms with E-state index in [4.69, 9.17) is 0 Å². The molecule has 158 valence electrons. The van der Waals surface area contributed by atoms with Gasteiger partial charge in [-0.1, -0.05) is 42.5 Å². The van der Waals surface area contributed by atoms with E-state index in [1.807, 2.05) is 36.5 Å². The van der Waals surface area contributed by atoms with Crippen LogP contribution in [0.15, 0.2) is 72.9 Å². The van der Waals surface area contributed by atoms with Crippen LogP contribution in [-0.2, 0) is 6.54 Å². The van der Waals surface area contributed by atoms with Crippen molar-refractivity contribution in [3.8, 4) is 11.1 Å². The Morgan fingerprint density at radius 3 is 2.19 bits per heavy atom. The van der Waals surface area contributed by atoms with E-state index in [0.29, 0.717) is 23.6 Å². The number of benzene rings is 2. The second-order valence-corrected chi connectivity index (χ2v) is 8.71. The molecule has 0 radical (unpaired) electrons. The molecule has 1 N–H and O–H groups in total. The fourth-order valence-electron chi connectivity index (χ4n) is 5.00. The molecule has 3 atom stereocenters. The number of carbonyl (C=O) groups excluding carboxylic acids is 1. The average molecular weight is 413 g/mol. The van der Waals surface area contributed by atoms with Crippen LogP contribution in [-0.4, -0.2) is 60.0 Å². The molecule has 5 rings (SSSR count). The first-order chi connectivity index (χ1) is 15.1. The van der Waals surface area contributed by atoms with Gasteiger partial charge in [-0.3, -0.25) is 14.7 Å². The molecule has 0 saturated carbocycles. The Morgan fingerprint density at radius 1 is 0.968 bits per heavy atom. The van der Waals surface area contributed by atoms with Gasteiger partial charge in [-0.2, -0.15) is 0 Å². The zero-order chi connectivity index (χ0) is 21.4. The van der Waals surface area contributed by atoms with Crippen molar-refractivity contribution in [2.24, 2.45) is 0 Å². The molecule has 3 aromatic rings. The van der Waals surface area contributed by atoms with Crippen molar-refractivity contribution < 1.29 is 4.79 Å². The van der Waals surface area contributed by atoms with Crippen molar-refractivity contribution in [2.75, 3.05) is 27.2 Å². The van der Waals surface area contributed by atoms with Gasteiger partial charge in [0.1, 0.15) is 0 Å².